The van der Waals surface area contributed by atoms with E-state index in [1.807, 2.05) is 37.1 Å². The van der Waals surface area contributed by atoms with Crippen molar-refractivity contribution in [1.29, 1.82) is 0 Å². The third-order valence-electron chi connectivity index (χ3n) is 4.01. The van der Waals surface area contributed by atoms with Crippen LogP contribution < -0.4 is 0 Å². The highest BCUT2D eigenvalue weighted by atomic mass is 32.1. The van der Waals surface area contributed by atoms with Crippen LogP contribution in [0.3, 0.4) is 0 Å². The standard InChI is InChI=1S/C18H23N3OS/c1-14-19-16(13-23-14)11-20(2)12-18(22)21(17-8-9-17)10-15-6-4-3-5-7-15/h3-7,13,17H,8-12H2,1-2H3. The van der Waals surface area contributed by atoms with E-state index in [0.29, 0.717) is 19.1 Å². The van der Waals surface area contributed by atoms with Crippen LogP contribution in [0.25, 0.3) is 0 Å². The number of rotatable bonds is 7. The van der Waals surface area contributed by atoms with Crippen LogP contribution in [0.15, 0.2) is 35.7 Å². The van der Waals surface area contributed by atoms with Gasteiger partial charge in [-0.05, 0) is 32.4 Å². The zero-order valence-corrected chi connectivity index (χ0v) is 14.6. The van der Waals surface area contributed by atoms with Crippen molar-refractivity contribution in [3.05, 3.63) is 52.0 Å². The molecule has 0 atom stereocenters. The average Bonchev–Trinajstić information content (AvgIpc) is 3.29. The lowest BCUT2D eigenvalue weighted by molar-refractivity contribution is -0.133. The summed E-state index contributed by atoms with van der Waals surface area (Å²) < 4.78 is 0. The smallest absolute Gasteiger partial charge is 0.237 e. The van der Waals surface area contributed by atoms with Crippen LogP contribution in [0, 0.1) is 6.92 Å². The van der Waals surface area contributed by atoms with E-state index in [-0.39, 0.29) is 5.91 Å². The second-order valence-corrected chi connectivity index (χ2v) is 7.33. The Kier molecular flexibility index (Phi) is 5.08. The molecule has 3 rings (SSSR count). The Labute approximate surface area is 141 Å². The van der Waals surface area contributed by atoms with E-state index in [4.69, 9.17) is 0 Å². The molecule has 0 radical (unpaired) electrons. The van der Waals surface area contributed by atoms with Crippen LogP contribution in [0.5, 0.6) is 0 Å². The molecule has 0 aliphatic heterocycles. The predicted octanol–water partition coefficient (Wildman–Crippen LogP) is 3.07. The number of amides is 1. The summed E-state index contributed by atoms with van der Waals surface area (Å²) in [6.45, 7) is 3.89. The number of nitrogens with zero attached hydrogens (tertiary/aromatic N) is 3. The number of hydrogen-bond acceptors (Lipinski definition) is 4. The van der Waals surface area contributed by atoms with Gasteiger partial charge < -0.3 is 4.90 Å². The van der Waals surface area contributed by atoms with E-state index in [0.717, 1.165) is 30.1 Å². The van der Waals surface area contributed by atoms with Crippen molar-refractivity contribution in [1.82, 2.24) is 14.8 Å². The van der Waals surface area contributed by atoms with Gasteiger partial charge >= 0.3 is 0 Å². The molecule has 1 aromatic heterocycles. The predicted molar refractivity (Wildman–Crippen MR) is 93.2 cm³/mol. The maximum Gasteiger partial charge on any atom is 0.237 e. The van der Waals surface area contributed by atoms with Crippen LogP contribution in [-0.4, -0.2) is 40.3 Å². The molecule has 0 N–H and O–H groups in total. The first-order valence-electron chi connectivity index (χ1n) is 8.05. The van der Waals surface area contributed by atoms with Crippen LogP contribution in [0.2, 0.25) is 0 Å². The largest absolute Gasteiger partial charge is 0.334 e. The highest BCUT2D eigenvalue weighted by molar-refractivity contribution is 7.09. The van der Waals surface area contributed by atoms with Crippen molar-refractivity contribution in [3.8, 4) is 0 Å². The van der Waals surface area contributed by atoms with Crippen molar-refractivity contribution < 1.29 is 4.79 Å². The first-order valence-corrected chi connectivity index (χ1v) is 8.93. The summed E-state index contributed by atoms with van der Waals surface area (Å²) >= 11 is 1.66. The topological polar surface area (TPSA) is 36.4 Å². The normalized spacial score (nSPS) is 14.2. The zero-order chi connectivity index (χ0) is 16.2. The van der Waals surface area contributed by atoms with Gasteiger partial charge in [-0.1, -0.05) is 30.3 Å². The summed E-state index contributed by atoms with van der Waals surface area (Å²) in [6.07, 6.45) is 2.27. The summed E-state index contributed by atoms with van der Waals surface area (Å²) in [5, 5.41) is 3.14. The number of aromatic nitrogens is 1. The molecule has 0 spiro atoms. The Balaban J connectivity index is 1.58. The molecule has 0 unspecified atom stereocenters. The van der Waals surface area contributed by atoms with E-state index in [9.17, 15) is 4.79 Å². The van der Waals surface area contributed by atoms with E-state index in [1.165, 1.54) is 5.56 Å². The number of aryl methyl sites for hydroxylation is 1. The first kappa shape index (κ1) is 16.1. The van der Waals surface area contributed by atoms with Crippen LogP contribution in [0.4, 0.5) is 0 Å². The van der Waals surface area contributed by atoms with Gasteiger partial charge in [0.15, 0.2) is 0 Å². The monoisotopic (exact) mass is 329 g/mol. The van der Waals surface area contributed by atoms with E-state index < -0.39 is 0 Å². The Morgan fingerprint density at radius 2 is 2.00 bits per heavy atom. The molecule has 1 aliphatic carbocycles. The third-order valence-corrected chi connectivity index (χ3v) is 4.83. The number of benzene rings is 1. The molecule has 0 saturated heterocycles. The molecule has 0 bridgehead atoms. The fourth-order valence-electron chi connectivity index (χ4n) is 2.72. The van der Waals surface area contributed by atoms with Gasteiger partial charge in [-0.2, -0.15) is 0 Å². The second-order valence-electron chi connectivity index (χ2n) is 6.27. The van der Waals surface area contributed by atoms with Gasteiger partial charge in [0.1, 0.15) is 0 Å². The second kappa shape index (κ2) is 7.23. The van der Waals surface area contributed by atoms with Gasteiger partial charge in [-0.15, -0.1) is 11.3 Å². The number of thiazole rings is 1. The molecule has 1 amide bonds. The Bertz CT molecular complexity index is 651. The van der Waals surface area contributed by atoms with Crippen molar-refractivity contribution in [2.24, 2.45) is 0 Å². The molecule has 1 heterocycles. The summed E-state index contributed by atoms with van der Waals surface area (Å²) in [5.74, 6) is 0.214. The number of carbonyl (C=O) groups excluding carboxylic acids is 1. The highest BCUT2D eigenvalue weighted by Gasteiger charge is 2.32. The molecular weight excluding hydrogens is 306 g/mol. The highest BCUT2D eigenvalue weighted by Crippen LogP contribution is 2.28. The van der Waals surface area contributed by atoms with Gasteiger partial charge in [0.2, 0.25) is 5.91 Å². The Hall–Kier alpha value is -1.72. The van der Waals surface area contributed by atoms with Crippen LogP contribution >= 0.6 is 11.3 Å². The maximum absolute atomic E-state index is 12.7. The first-order chi connectivity index (χ1) is 11.1. The fourth-order valence-corrected chi connectivity index (χ4v) is 3.33. The number of carbonyl (C=O) groups is 1. The van der Waals surface area contributed by atoms with Crippen LogP contribution in [-0.2, 0) is 17.9 Å². The molecular formula is C18H23N3OS. The SMILES string of the molecule is Cc1nc(CN(C)CC(=O)N(Cc2ccccc2)C2CC2)cs1. The summed E-state index contributed by atoms with van der Waals surface area (Å²) in [4.78, 5) is 21.3. The summed E-state index contributed by atoms with van der Waals surface area (Å²) in [6, 6.07) is 10.7. The average molecular weight is 329 g/mol. The molecule has 1 aliphatic rings. The maximum atomic E-state index is 12.7. The van der Waals surface area contributed by atoms with E-state index in [1.54, 1.807) is 11.3 Å². The molecule has 122 valence electrons. The molecule has 1 saturated carbocycles. The van der Waals surface area contributed by atoms with Crippen molar-refractivity contribution in [2.45, 2.75) is 38.9 Å². The Morgan fingerprint density at radius 3 is 2.61 bits per heavy atom. The lowest BCUT2D eigenvalue weighted by Crippen LogP contribution is -2.39. The quantitative estimate of drug-likeness (QED) is 0.783. The van der Waals surface area contributed by atoms with Crippen molar-refractivity contribution in [2.75, 3.05) is 13.6 Å². The molecule has 4 nitrogen and oxygen atoms in total. The molecule has 23 heavy (non-hydrogen) atoms. The molecule has 1 fully saturated rings. The summed E-state index contributed by atoms with van der Waals surface area (Å²) in [7, 11) is 1.99. The lowest BCUT2D eigenvalue weighted by Gasteiger charge is -2.25. The number of likely N-dealkylation sites (N-methyl/N-ethyl adjacent to an activating group) is 1. The van der Waals surface area contributed by atoms with Gasteiger partial charge in [0.25, 0.3) is 0 Å². The minimum atomic E-state index is 0.214. The van der Waals surface area contributed by atoms with E-state index >= 15 is 0 Å². The summed E-state index contributed by atoms with van der Waals surface area (Å²) in [5.41, 5.74) is 2.24. The van der Waals surface area contributed by atoms with Gasteiger partial charge in [0.05, 0.1) is 17.2 Å². The van der Waals surface area contributed by atoms with Crippen molar-refractivity contribution in [3.63, 3.8) is 0 Å². The van der Waals surface area contributed by atoms with Gasteiger partial charge in [0, 0.05) is 24.5 Å². The minimum absolute atomic E-state index is 0.214. The lowest BCUT2D eigenvalue weighted by atomic mass is 10.2. The number of hydrogen-bond donors (Lipinski definition) is 0. The van der Waals surface area contributed by atoms with Crippen LogP contribution in [0.1, 0.15) is 29.1 Å². The minimum Gasteiger partial charge on any atom is -0.334 e. The third kappa shape index (κ3) is 4.62. The molecule has 1 aromatic carbocycles. The van der Waals surface area contributed by atoms with Gasteiger partial charge in [-0.25, -0.2) is 4.98 Å². The van der Waals surface area contributed by atoms with Crippen molar-refractivity contribution >= 4 is 17.2 Å². The zero-order valence-electron chi connectivity index (χ0n) is 13.7. The molecule has 5 heteroatoms. The van der Waals surface area contributed by atoms with E-state index in [2.05, 4.69) is 27.4 Å². The Morgan fingerprint density at radius 1 is 1.26 bits per heavy atom. The fraction of sp³-hybridized carbons (Fsp3) is 0.444. The molecule has 2 aromatic rings. The van der Waals surface area contributed by atoms with Gasteiger partial charge in [-0.3, -0.25) is 9.69 Å².